The molecule has 0 saturated heterocycles. The monoisotopic (exact) mass is 426 g/mol. The van der Waals surface area contributed by atoms with Crippen LogP contribution >= 0.6 is 11.8 Å². The number of nitrogens with zero attached hydrogens (tertiary/aromatic N) is 2. The van der Waals surface area contributed by atoms with E-state index in [1.165, 1.54) is 11.8 Å². The highest BCUT2D eigenvalue weighted by molar-refractivity contribution is 7.98. The maximum atomic E-state index is 12.8. The Hall–Kier alpha value is -3.33. The highest BCUT2D eigenvalue weighted by Gasteiger charge is 2.13. The number of carbonyl (C=O) groups is 2. The number of likely N-dealkylation sites (N-methyl/N-ethyl adjacent to an activating group) is 1. The molecule has 9 heteroatoms. The molecular weight excluding hydrogens is 404 g/mol. The highest BCUT2D eigenvalue weighted by atomic mass is 32.2. The van der Waals surface area contributed by atoms with Crippen molar-refractivity contribution in [3.05, 3.63) is 65.8 Å². The molecule has 0 aliphatic rings. The number of nitrogens with one attached hydrogen (secondary N) is 2. The molecule has 3 rings (SSSR count). The van der Waals surface area contributed by atoms with Gasteiger partial charge in [0.15, 0.2) is 12.4 Å². The first-order valence-corrected chi connectivity index (χ1v) is 10.4. The Labute approximate surface area is 178 Å². The number of thioether (sulfide) groups is 1. The Morgan fingerprint density at radius 1 is 1.13 bits per heavy atom. The van der Waals surface area contributed by atoms with Crippen LogP contribution in [0.3, 0.4) is 0 Å². The first-order chi connectivity index (χ1) is 14.5. The lowest BCUT2D eigenvalue weighted by Gasteiger charge is -2.10. The minimum absolute atomic E-state index is 0.0515. The molecule has 0 atom stereocenters. The van der Waals surface area contributed by atoms with E-state index in [1.807, 2.05) is 25.1 Å². The summed E-state index contributed by atoms with van der Waals surface area (Å²) in [6.45, 7) is 4.09. The van der Waals surface area contributed by atoms with Crippen molar-refractivity contribution in [1.29, 1.82) is 0 Å². The maximum Gasteiger partial charge on any atom is 0.257 e. The van der Waals surface area contributed by atoms with Crippen molar-refractivity contribution in [2.45, 2.75) is 24.5 Å². The van der Waals surface area contributed by atoms with Crippen LogP contribution in [0.2, 0.25) is 0 Å². The van der Waals surface area contributed by atoms with Gasteiger partial charge >= 0.3 is 0 Å². The number of aryl methyl sites for hydroxylation is 1. The van der Waals surface area contributed by atoms with Gasteiger partial charge in [0, 0.05) is 24.1 Å². The molecule has 0 fully saturated rings. The van der Waals surface area contributed by atoms with Crippen molar-refractivity contribution in [3.63, 3.8) is 0 Å². The number of amides is 2. The molecule has 1 heterocycles. The zero-order valence-electron chi connectivity index (χ0n) is 16.7. The van der Waals surface area contributed by atoms with Crippen molar-refractivity contribution in [3.8, 4) is 5.75 Å². The minimum Gasteiger partial charge on any atom is -0.484 e. The summed E-state index contributed by atoms with van der Waals surface area (Å²) in [5, 5.41) is 9.41. The van der Waals surface area contributed by atoms with E-state index in [0.29, 0.717) is 41.0 Å². The minimum atomic E-state index is -0.224. The third-order valence-corrected chi connectivity index (χ3v) is 4.98. The zero-order chi connectivity index (χ0) is 21.3. The van der Waals surface area contributed by atoms with E-state index >= 15 is 0 Å². The number of benzene rings is 2. The van der Waals surface area contributed by atoms with Crippen molar-refractivity contribution in [1.82, 2.24) is 15.5 Å². The topological polar surface area (TPSA) is 106 Å². The molecule has 3 aromatic rings. The van der Waals surface area contributed by atoms with E-state index in [1.54, 1.807) is 37.3 Å². The zero-order valence-corrected chi connectivity index (χ0v) is 17.5. The van der Waals surface area contributed by atoms with Gasteiger partial charge in [0.25, 0.3) is 11.8 Å². The van der Waals surface area contributed by atoms with Gasteiger partial charge in [-0.15, -0.1) is 11.8 Å². The van der Waals surface area contributed by atoms with E-state index in [4.69, 9.17) is 9.26 Å². The van der Waals surface area contributed by atoms with Crippen LogP contribution < -0.4 is 15.4 Å². The number of aromatic nitrogens is 2. The quantitative estimate of drug-likeness (QED) is 0.505. The Morgan fingerprint density at radius 3 is 2.60 bits per heavy atom. The lowest BCUT2D eigenvalue weighted by Crippen LogP contribution is -2.28. The third-order valence-electron chi connectivity index (χ3n) is 3.91. The standard InChI is InChI=1S/C21H22N4O4S/c1-3-22-20(26)12-28-16-10-8-15(9-11-16)24-21(27)17-6-4-5-7-18(17)30-13-19-23-14(2)29-25-19/h4-11H,3,12-13H2,1-2H3,(H,22,26)(H,24,27). The second kappa shape index (κ2) is 10.4. The summed E-state index contributed by atoms with van der Waals surface area (Å²) in [5.41, 5.74) is 1.18. The normalized spacial score (nSPS) is 10.5. The van der Waals surface area contributed by atoms with Crippen LogP contribution in [0.4, 0.5) is 5.69 Å². The average molecular weight is 426 g/mol. The molecule has 2 N–H and O–H groups in total. The molecule has 0 aliphatic heterocycles. The van der Waals surface area contributed by atoms with E-state index in [-0.39, 0.29) is 18.4 Å². The maximum absolute atomic E-state index is 12.8. The molecule has 8 nitrogen and oxygen atoms in total. The average Bonchev–Trinajstić information content (AvgIpc) is 3.17. The van der Waals surface area contributed by atoms with Gasteiger partial charge in [-0.25, -0.2) is 0 Å². The van der Waals surface area contributed by atoms with Gasteiger partial charge in [0.1, 0.15) is 5.75 Å². The molecule has 0 radical (unpaired) electrons. The van der Waals surface area contributed by atoms with Crippen LogP contribution in [0, 0.1) is 6.92 Å². The molecule has 156 valence electrons. The lowest BCUT2D eigenvalue weighted by atomic mass is 10.2. The van der Waals surface area contributed by atoms with E-state index in [2.05, 4.69) is 20.8 Å². The van der Waals surface area contributed by atoms with E-state index < -0.39 is 0 Å². The summed E-state index contributed by atoms with van der Waals surface area (Å²) >= 11 is 1.46. The fourth-order valence-corrected chi connectivity index (χ4v) is 3.45. The summed E-state index contributed by atoms with van der Waals surface area (Å²) in [7, 11) is 0. The molecular formula is C21H22N4O4S. The van der Waals surface area contributed by atoms with Crippen LogP contribution in [0.15, 0.2) is 57.9 Å². The molecule has 30 heavy (non-hydrogen) atoms. The summed E-state index contributed by atoms with van der Waals surface area (Å²) in [6, 6.07) is 14.2. The number of ether oxygens (including phenoxy) is 1. The molecule has 0 aliphatic carbocycles. The van der Waals surface area contributed by atoms with Crippen LogP contribution in [-0.4, -0.2) is 35.1 Å². The number of hydrogen-bond acceptors (Lipinski definition) is 7. The Balaban J connectivity index is 1.59. The van der Waals surface area contributed by atoms with E-state index in [0.717, 1.165) is 4.90 Å². The second-order valence-corrected chi connectivity index (χ2v) is 7.25. The van der Waals surface area contributed by atoms with Crippen LogP contribution in [0.1, 0.15) is 29.0 Å². The smallest absolute Gasteiger partial charge is 0.257 e. The fourth-order valence-electron chi connectivity index (χ4n) is 2.55. The van der Waals surface area contributed by atoms with Gasteiger partial charge < -0.3 is 19.9 Å². The molecule has 0 bridgehead atoms. The lowest BCUT2D eigenvalue weighted by molar-refractivity contribution is -0.122. The van der Waals surface area contributed by atoms with Crippen LogP contribution in [0.5, 0.6) is 5.75 Å². The van der Waals surface area contributed by atoms with Crippen molar-refractivity contribution in [2.24, 2.45) is 0 Å². The first-order valence-electron chi connectivity index (χ1n) is 9.37. The van der Waals surface area contributed by atoms with Gasteiger partial charge in [-0.2, -0.15) is 4.98 Å². The van der Waals surface area contributed by atoms with Crippen molar-refractivity contribution >= 4 is 29.3 Å². The predicted molar refractivity (Wildman–Crippen MR) is 114 cm³/mol. The van der Waals surface area contributed by atoms with E-state index in [9.17, 15) is 9.59 Å². The van der Waals surface area contributed by atoms with Crippen LogP contribution in [-0.2, 0) is 10.5 Å². The summed E-state index contributed by atoms with van der Waals surface area (Å²) in [4.78, 5) is 29.2. The Bertz CT molecular complexity index is 1000. The number of carbonyl (C=O) groups excluding carboxylic acids is 2. The fraction of sp³-hybridized carbons (Fsp3) is 0.238. The van der Waals surface area contributed by atoms with Crippen molar-refractivity contribution < 1.29 is 18.8 Å². The number of anilines is 1. The number of hydrogen-bond donors (Lipinski definition) is 2. The highest BCUT2D eigenvalue weighted by Crippen LogP contribution is 2.26. The first kappa shape index (κ1) is 21.4. The molecule has 0 unspecified atom stereocenters. The third kappa shape index (κ3) is 6.08. The molecule has 1 aromatic heterocycles. The molecule has 0 saturated carbocycles. The predicted octanol–water partition coefficient (Wildman–Crippen LogP) is 3.44. The summed E-state index contributed by atoms with van der Waals surface area (Å²) in [6.07, 6.45) is 0. The largest absolute Gasteiger partial charge is 0.484 e. The van der Waals surface area contributed by atoms with Gasteiger partial charge in [0.05, 0.1) is 11.3 Å². The second-order valence-electron chi connectivity index (χ2n) is 6.24. The Morgan fingerprint density at radius 2 is 1.90 bits per heavy atom. The van der Waals surface area contributed by atoms with Gasteiger partial charge in [-0.05, 0) is 43.3 Å². The number of rotatable bonds is 9. The van der Waals surface area contributed by atoms with Gasteiger partial charge in [-0.1, -0.05) is 17.3 Å². The summed E-state index contributed by atoms with van der Waals surface area (Å²) in [5.74, 6) is 1.73. The molecule has 2 aromatic carbocycles. The SMILES string of the molecule is CCNC(=O)COc1ccc(NC(=O)c2ccccc2SCc2noc(C)n2)cc1. The van der Waals surface area contributed by atoms with Crippen molar-refractivity contribution in [2.75, 3.05) is 18.5 Å². The summed E-state index contributed by atoms with van der Waals surface area (Å²) < 4.78 is 10.4. The van der Waals surface area contributed by atoms with Gasteiger partial charge in [-0.3, -0.25) is 9.59 Å². The molecule has 2 amide bonds. The van der Waals surface area contributed by atoms with Gasteiger partial charge in [0.2, 0.25) is 5.89 Å². The Kier molecular flexibility index (Phi) is 7.45. The molecule has 0 spiro atoms. The van der Waals surface area contributed by atoms with Crippen LogP contribution in [0.25, 0.3) is 0 Å².